The molecule has 2 heterocycles. The maximum absolute atomic E-state index is 11.7. The minimum Gasteiger partial charge on any atom is -0.458 e. The van der Waals surface area contributed by atoms with Crippen LogP contribution < -0.4 is 0 Å². The fraction of sp³-hybridized carbons (Fsp3) is 0.143. The van der Waals surface area contributed by atoms with E-state index in [0.29, 0.717) is 6.42 Å². The third-order valence-corrected chi connectivity index (χ3v) is 7.61. The highest BCUT2D eigenvalue weighted by molar-refractivity contribution is 7.99. The SMILES string of the molecule is O=C1C[C@H](O)C[C@@H](/C=C/c2cnc3cc(Sc4ccccc4)ccc3c2Sc2ccccc2)O1. The molecule has 170 valence electrons. The van der Waals surface area contributed by atoms with Crippen LogP contribution in [0.1, 0.15) is 18.4 Å². The number of fused-ring (bicyclic) bond motifs is 1. The number of ether oxygens (including phenoxy) is 1. The van der Waals surface area contributed by atoms with Gasteiger partial charge in [-0.05, 0) is 42.5 Å². The van der Waals surface area contributed by atoms with Crippen molar-refractivity contribution in [2.24, 2.45) is 0 Å². The lowest BCUT2D eigenvalue weighted by atomic mass is 10.0. The summed E-state index contributed by atoms with van der Waals surface area (Å²) in [5, 5.41) is 11.0. The van der Waals surface area contributed by atoms with Gasteiger partial charge >= 0.3 is 5.97 Å². The highest BCUT2D eigenvalue weighted by Gasteiger charge is 2.25. The van der Waals surface area contributed by atoms with E-state index in [-0.39, 0.29) is 12.4 Å². The van der Waals surface area contributed by atoms with Crippen molar-refractivity contribution >= 4 is 46.5 Å². The molecule has 0 amide bonds. The Morgan fingerprint density at radius 3 is 2.32 bits per heavy atom. The molecule has 6 heteroatoms. The van der Waals surface area contributed by atoms with Crippen LogP contribution in [-0.2, 0) is 9.53 Å². The largest absolute Gasteiger partial charge is 0.458 e. The molecular weight excluding hydrogens is 462 g/mol. The second-order valence-corrected chi connectivity index (χ2v) is 10.3. The Labute approximate surface area is 207 Å². The van der Waals surface area contributed by atoms with E-state index in [1.54, 1.807) is 23.5 Å². The standard InChI is InChI=1S/C28H23NO3S2/c30-20-15-21(32-27(31)16-20)12-11-19-18-29-26-17-24(33-22-7-3-1-4-8-22)13-14-25(26)28(19)34-23-9-5-2-6-10-23/h1-14,17-18,20-21,30H,15-16H2/b12-11+/t20-,21-/m1/s1. The fourth-order valence-corrected chi connectivity index (χ4v) is 5.75. The summed E-state index contributed by atoms with van der Waals surface area (Å²) in [7, 11) is 0. The van der Waals surface area contributed by atoms with Gasteiger partial charge < -0.3 is 9.84 Å². The van der Waals surface area contributed by atoms with Crippen molar-refractivity contribution in [3.63, 3.8) is 0 Å². The predicted molar refractivity (Wildman–Crippen MR) is 137 cm³/mol. The Morgan fingerprint density at radius 2 is 1.62 bits per heavy atom. The number of cyclic esters (lactones) is 1. The number of benzene rings is 3. The Kier molecular flexibility index (Phi) is 7.00. The van der Waals surface area contributed by atoms with E-state index in [4.69, 9.17) is 9.72 Å². The third kappa shape index (κ3) is 5.53. The molecule has 1 fully saturated rings. The highest BCUT2D eigenvalue weighted by Crippen LogP contribution is 2.38. The zero-order valence-corrected chi connectivity index (χ0v) is 20.0. The quantitative estimate of drug-likeness (QED) is 0.310. The summed E-state index contributed by atoms with van der Waals surface area (Å²) in [6.45, 7) is 0. The van der Waals surface area contributed by atoms with Crippen LogP contribution in [0, 0.1) is 0 Å². The fourth-order valence-electron chi connectivity index (χ4n) is 3.83. The molecule has 0 spiro atoms. The smallest absolute Gasteiger partial charge is 0.309 e. The van der Waals surface area contributed by atoms with Gasteiger partial charge in [0, 0.05) is 43.1 Å². The number of rotatable bonds is 6. The molecule has 1 saturated heterocycles. The van der Waals surface area contributed by atoms with Crippen LogP contribution in [0.25, 0.3) is 17.0 Å². The Balaban J connectivity index is 1.50. The molecule has 0 bridgehead atoms. The summed E-state index contributed by atoms with van der Waals surface area (Å²) in [4.78, 5) is 21.0. The first kappa shape index (κ1) is 22.7. The van der Waals surface area contributed by atoms with E-state index in [1.807, 2.05) is 54.7 Å². The first-order valence-electron chi connectivity index (χ1n) is 11.1. The van der Waals surface area contributed by atoms with Gasteiger partial charge in [-0.3, -0.25) is 9.78 Å². The van der Waals surface area contributed by atoms with Gasteiger partial charge in [-0.1, -0.05) is 72.1 Å². The number of aliphatic hydroxyl groups excluding tert-OH is 1. The molecule has 1 aromatic heterocycles. The lowest BCUT2D eigenvalue weighted by Crippen LogP contribution is -2.31. The average Bonchev–Trinajstić information content (AvgIpc) is 2.84. The number of hydrogen-bond acceptors (Lipinski definition) is 6. The maximum atomic E-state index is 11.7. The number of carbonyl (C=O) groups excluding carboxylic acids is 1. The Bertz CT molecular complexity index is 1330. The van der Waals surface area contributed by atoms with E-state index < -0.39 is 12.2 Å². The molecule has 4 nitrogen and oxygen atoms in total. The van der Waals surface area contributed by atoms with Crippen molar-refractivity contribution in [2.45, 2.75) is 44.6 Å². The van der Waals surface area contributed by atoms with E-state index >= 15 is 0 Å². The normalized spacial score (nSPS) is 18.3. The first-order chi connectivity index (χ1) is 16.6. The number of hydrogen-bond donors (Lipinski definition) is 1. The minimum atomic E-state index is -0.663. The van der Waals surface area contributed by atoms with E-state index in [9.17, 15) is 9.90 Å². The number of nitrogens with zero attached hydrogens (tertiary/aromatic N) is 1. The van der Waals surface area contributed by atoms with Crippen molar-refractivity contribution in [3.05, 3.63) is 96.7 Å². The molecule has 0 aliphatic carbocycles. The van der Waals surface area contributed by atoms with Gasteiger partial charge in [0.15, 0.2) is 0 Å². The number of pyridine rings is 1. The van der Waals surface area contributed by atoms with Crippen LogP contribution >= 0.6 is 23.5 Å². The van der Waals surface area contributed by atoms with Crippen LogP contribution in [0.5, 0.6) is 0 Å². The van der Waals surface area contributed by atoms with Gasteiger partial charge in [-0.25, -0.2) is 0 Å². The van der Waals surface area contributed by atoms with Gasteiger partial charge in [0.05, 0.1) is 18.0 Å². The molecule has 0 saturated carbocycles. The topological polar surface area (TPSA) is 59.4 Å². The first-order valence-corrected chi connectivity index (χ1v) is 12.7. The van der Waals surface area contributed by atoms with Crippen molar-refractivity contribution in [1.29, 1.82) is 0 Å². The summed E-state index contributed by atoms with van der Waals surface area (Å²) >= 11 is 3.40. The van der Waals surface area contributed by atoms with Gasteiger partial charge in [0.1, 0.15) is 6.10 Å². The molecule has 34 heavy (non-hydrogen) atoms. The second-order valence-electron chi connectivity index (χ2n) is 8.03. The molecule has 0 radical (unpaired) electrons. The minimum absolute atomic E-state index is 0.0559. The number of carbonyl (C=O) groups is 1. The number of aromatic nitrogens is 1. The van der Waals surface area contributed by atoms with E-state index in [0.717, 1.165) is 31.2 Å². The molecule has 5 rings (SSSR count). The van der Waals surface area contributed by atoms with Crippen LogP contribution in [0.15, 0.2) is 111 Å². The molecule has 4 aromatic rings. The number of esters is 1. The van der Waals surface area contributed by atoms with Crippen LogP contribution in [-0.4, -0.2) is 28.3 Å². The van der Waals surface area contributed by atoms with Crippen LogP contribution in [0.3, 0.4) is 0 Å². The zero-order valence-electron chi connectivity index (χ0n) is 18.3. The van der Waals surface area contributed by atoms with Crippen molar-refractivity contribution in [1.82, 2.24) is 4.98 Å². The molecule has 1 aliphatic rings. The summed E-state index contributed by atoms with van der Waals surface area (Å²) in [5.74, 6) is -0.368. The monoisotopic (exact) mass is 485 g/mol. The van der Waals surface area contributed by atoms with Gasteiger partial charge in [0.25, 0.3) is 0 Å². The predicted octanol–water partition coefficient (Wildman–Crippen LogP) is 6.62. The summed E-state index contributed by atoms with van der Waals surface area (Å²) in [6, 6.07) is 26.9. The van der Waals surface area contributed by atoms with Crippen molar-refractivity contribution < 1.29 is 14.6 Å². The summed E-state index contributed by atoms with van der Waals surface area (Å²) < 4.78 is 5.38. The highest BCUT2D eigenvalue weighted by atomic mass is 32.2. The molecule has 1 aliphatic heterocycles. The Hall–Kier alpha value is -3.06. The average molecular weight is 486 g/mol. The number of aliphatic hydroxyl groups is 1. The van der Waals surface area contributed by atoms with E-state index in [2.05, 4.69) is 42.5 Å². The van der Waals surface area contributed by atoms with Crippen LogP contribution in [0.4, 0.5) is 0 Å². The van der Waals surface area contributed by atoms with Crippen molar-refractivity contribution in [3.8, 4) is 0 Å². The zero-order chi connectivity index (χ0) is 23.3. The molecular formula is C28H23NO3S2. The summed E-state index contributed by atoms with van der Waals surface area (Å²) in [6.07, 6.45) is 5.01. The lowest BCUT2D eigenvalue weighted by Gasteiger charge is -2.23. The summed E-state index contributed by atoms with van der Waals surface area (Å²) in [5.41, 5.74) is 1.87. The molecule has 2 atom stereocenters. The third-order valence-electron chi connectivity index (χ3n) is 5.44. The lowest BCUT2D eigenvalue weighted by molar-refractivity contribution is -0.156. The van der Waals surface area contributed by atoms with Crippen molar-refractivity contribution in [2.75, 3.05) is 0 Å². The molecule has 0 unspecified atom stereocenters. The molecule has 3 aromatic carbocycles. The maximum Gasteiger partial charge on any atom is 0.309 e. The van der Waals surface area contributed by atoms with Gasteiger partial charge in [0.2, 0.25) is 0 Å². The van der Waals surface area contributed by atoms with E-state index in [1.165, 1.54) is 4.90 Å². The van der Waals surface area contributed by atoms with Gasteiger partial charge in [-0.15, -0.1) is 0 Å². The van der Waals surface area contributed by atoms with Gasteiger partial charge in [-0.2, -0.15) is 0 Å². The molecule has 1 N–H and O–H groups in total. The Morgan fingerprint density at radius 1 is 0.912 bits per heavy atom. The second kappa shape index (κ2) is 10.5. The van der Waals surface area contributed by atoms with Crippen LogP contribution in [0.2, 0.25) is 0 Å².